The zero-order chi connectivity index (χ0) is 16.4. The Kier molecular flexibility index (Phi) is 3.96. The summed E-state index contributed by atoms with van der Waals surface area (Å²) in [6, 6.07) is 4.21. The van der Waals surface area contributed by atoms with Crippen LogP contribution in [0.3, 0.4) is 0 Å². The fourth-order valence-corrected chi connectivity index (χ4v) is 3.43. The van der Waals surface area contributed by atoms with E-state index in [4.69, 9.17) is 6.42 Å². The van der Waals surface area contributed by atoms with Gasteiger partial charge in [-0.15, -0.1) is 12.3 Å². The lowest BCUT2D eigenvalue weighted by atomic mass is 9.88. The van der Waals surface area contributed by atoms with Crippen molar-refractivity contribution in [2.24, 2.45) is 0 Å². The zero-order valence-electron chi connectivity index (χ0n) is 13.9. The van der Waals surface area contributed by atoms with Crippen molar-refractivity contribution in [3.63, 3.8) is 0 Å². The normalized spacial score (nSPS) is 11.7. The molecular weight excluding hydrogens is 284 g/mol. The SMILES string of the molecule is C#CCC(CC)(CC)n1cc(-c2ncnc3[nH]ccc23)cc1C. The number of nitrogens with one attached hydrogen (secondary N) is 1. The summed E-state index contributed by atoms with van der Waals surface area (Å²) in [6.07, 6.45) is 14.1. The maximum Gasteiger partial charge on any atom is 0.141 e. The maximum absolute atomic E-state index is 5.64. The predicted octanol–water partition coefficient (Wildman–Crippen LogP) is 4.27. The van der Waals surface area contributed by atoms with Crippen LogP contribution in [0, 0.1) is 19.3 Å². The van der Waals surface area contributed by atoms with Gasteiger partial charge in [0.1, 0.15) is 12.0 Å². The van der Waals surface area contributed by atoms with Gasteiger partial charge < -0.3 is 9.55 Å². The highest BCUT2D eigenvalue weighted by Crippen LogP contribution is 2.34. The van der Waals surface area contributed by atoms with Crippen LogP contribution in [-0.4, -0.2) is 19.5 Å². The molecule has 3 rings (SSSR count). The molecule has 0 saturated carbocycles. The smallest absolute Gasteiger partial charge is 0.141 e. The van der Waals surface area contributed by atoms with E-state index in [0.717, 1.165) is 41.6 Å². The molecule has 4 heteroatoms. The topological polar surface area (TPSA) is 46.5 Å². The molecule has 1 N–H and O–H groups in total. The molecule has 0 radical (unpaired) electrons. The van der Waals surface area contributed by atoms with Gasteiger partial charge in [0, 0.05) is 35.5 Å². The summed E-state index contributed by atoms with van der Waals surface area (Å²) in [4.78, 5) is 11.9. The van der Waals surface area contributed by atoms with Crippen molar-refractivity contribution in [3.8, 4) is 23.6 Å². The molecule has 4 nitrogen and oxygen atoms in total. The second-order valence-electron chi connectivity index (χ2n) is 6.01. The summed E-state index contributed by atoms with van der Waals surface area (Å²) in [6.45, 7) is 6.54. The molecule has 3 aromatic rings. The predicted molar refractivity (Wildman–Crippen MR) is 94.1 cm³/mol. The second kappa shape index (κ2) is 5.92. The van der Waals surface area contributed by atoms with E-state index in [9.17, 15) is 0 Å². The van der Waals surface area contributed by atoms with Crippen LogP contribution in [0.5, 0.6) is 0 Å². The molecule has 0 aliphatic heterocycles. The molecule has 0 aliphatic carbocycles. The van der Waals surface area contributed by atoms with Crippen LogP contribution in [0.25, 0.3) is 22.3 Å². The van der Waals surface area contributed by atoms with Gasteiger partial charge in [0.15, 0.2) is 0 Å². The summed E-state index contributed by atoms with van der Waals surface area (Å²) in [5, 5.41) is 1.04. The fourth-order valence-electron chi connectivity index (χ4n) is 3.43. The monoisotopic (exact) mass is 306 g/mol. The Morgan fingerprint density at radius 1 is 1.30 bits per heavy atom. The van der Waals surface area contributed by atoms with E-state index in [-0.39, 0.29) is 5.54 Å². The van der Waals surface area contributed by atoms with E-state index >= 15 is 0 Å². The van der Waals surface area contributed by atoms with Gasteiger partial charge in [-0.2, -0.15) is 0 Å². The Morgan fingerprint density at radius 3 is 2.78 bits per heavy atom. The van der Waals surface area contributed by atoms with Gasteiger partial charge >= 0.3 is 0 Å². The Labute approximate surface area is 137 Å². The average molecular weight is 306 g/mol. The summed E-state index contributed by atoms with van der Waals surface area (Å²) in [5.74, 6) is 2.86. The van der Waals surface area contributed by atoms with E-state index in [1.165, 1.54) is 5.69 Å². The number of H-pyrrole nitrogens is 1. The quantitative estimate of drug-likeness (QED) is 0.715. The standard InChI is InChI=1S/C19H22N4/c1-5-9-19(6-2,7-3)23-12-15(11-14(23)4)17-16-8-10-20-18(16)22-13-21-17/h1,8,10-13H,6-7,9H2,2-4H3,(H,20,21,22). The zero-order valence-corrected chi connectivity index (χ0v) is 13.9. The van der Waals surface area contributed by atoms with Gasteiger partial charge in [0.2, 0.25) is 0 Å². The number of nitrogens with zero attached hydrogens (tertiary/aromatic N) is 3. The average Bonchev–Trinajstić information content (AvgIpc) is 3.19. The lowest BCUT2D eigenvalue weighted by Gasteiger charge is -2.33. The van der Waals surface area contributed by atoms with Crippen molar-refractivity contribution < 1.29 is 0 Å². The molecule has 0 aromatic carbocycles. The molecule has 0 fully saturated rings. The number of aromatic amines is 1. The summed E-state index contributed by atoms with van der Waals surface area (Å²) < 4.78 is 2.34. The third-order valence-electron chi connectivity index (χ3n) is 4.90. The van der Waals surface area contributed by atoms with Crippen molar-refractivity contribution in [2.45, 2.75) is 45.6 Å². The van der Waals surface area contributed by atoms with Crippen LogP contribution >= 0.6 is 0 Å². The minimum absolute atomic E-state index is 0.0264. The van der Waals surface area contributed by atoms with Crippen LogP contribution in [0.2, 0.25) is 0 Å². The van der Waals surface area contributed by atoms with Crippen molar-refractivity contribution >= 4 is 11.0 Å². The molecule has 0 saturated heterocycles. The summed E-state index contributed by atoms with van der Waals surface area (Å²) in [7, 11) is 0. The molecule has 0 atom stereocenters. The van der Waals surface area contributed by atoms with Crippen LogP contribution in [0.1, 0.15) is 38.8 Å². The number of terminal acetylenes is 1. The van der Waals surface area contributed by atoms with Gasteiger partial charge in [-0.05, 0) is 31.9 Å². The first kappa shape index (κ1) is 15.4. The highest BCUT2D eigenvalue weighted by Gasteiger charge is 2.29. The van der Waals surface area contributed by atoms with E-state index in [1.807, 2.05) is 12.3 Å². The molecule has 0 aliphatic rings. The first-order chi connectivity index (χ1) is 11.1. The number of hydrogen-bond donors (Lipinski definition) is 1. The number of fused-ring (bicyclic) bond motifs is 1. The minimum Gasteiger partial charge on any atom is -0.346 e. The highest BCUT2D eigenvalue weighted by atomic mass is 15.1. The fraction of sp³-hybridized carbons (Fsp3) is 0.368. The van der Waals surface area contributed by atoms with Crippen LogP contribution < -0.4 is 0 Å². The molecule has 3 aromatic heterocycles. The van der Waals surface area contributed by atoms with Crippen molar-refractivity contribution in [1.82, 2.24) is 19.5 Å². The number of aromatic nitrogens is 4. The highest BCUT2D eigenvalue weighted by molar-refractivity contribution is 5.90. The van der Waals surface area contributed by atoms with E-state index < -0.39 is 0 Å². The molecule has 0 spiro atoms. The molecule has 0 bridgehead atoms. The molecule has 23 heavy (non-hydrogen) atoms. The third kappa shape index (κ3) is 2.43. The molecular formula is C19H22N4. The minimum atomic E-state index is -0.0264. The van der Waals surface area contributed by atoms with Gasteiger partial charge in [0.25, 0.3) is 0 Å². The van der Waals surface area contributed by atoms with Gasteiger partial charge in [-0.3, -0.25) is 0 Å². The Bertz CT molecular complexity index is 859. The summed E-state index contributed by atoms with van der Waals surface area (Å²) in [5.41, 5.74) is 4.11. The first-order valence-electron chi connectivity index (χ1n) is 8.06. The number of aryl methyl sites for hydroxylation is 1. The number of hydrogen-bond acceptors (Lipinski definition) is 2. The number of rotatable bonds is 5. The van der Waals surface area contributed by atoms with E-state index in [0.29, 0.717) is 0 Å². The lowest BCUT2D eigenvalue weighted by Crippen LogP contribution is -2.32. The lowest BCUT2D eigenvalue weighted by molar-refractivity contribution is 0.265. The van der Waals surface area contributed by atoms with Crippen LogP contribution in [-0.2, 0) is 5.54 Å². The molecule has 0 amide bonds. The Morgan fingerprint density at radius 2 is 2.09 bits per heavy atom. The molecule has 3 heterocycles. The summed E-state index contributed by atoms with van der Waals surface area (Å²) >= 11 is 0. The largest absolute Gasteiger partial charge is 0.346 e. The van der Waals surface area contributed by atoms with Gasteiger partial charge in [-0.1, -0.05) is 13.8 Å². The second-order valence-corrected chi connectivity index (χ2v) is 6.01. The molecule has 118 valence electrons. The molecule has 0 unspecified atom stereocenters. The van der Waals surface area contributed by atoms with E-state index in [2.05, 4.69) is 58.5 Å². The van der Waals surface area contributed by atoms with Gasteiger partial charge in [-0.25, -0.2) is 9.97 Å². The Balaban J connectivity index is 2.15. The third-order valence-corrected chi connectivity index (χ3v) is 4.90. The van der Waals surface area contributed by atoms with E-state index in [1.54, 1.807) is 6.33 Å². The first-order valence-corrected chi connectivity index (χ1v) is 8.06. The van der Waals surface area contributed by atoms with Crippen LogP contribution in [0.4, 0.5) is 0 Å². The maximum atomic E-state index is 5.64. The van der Waals surface area contributed by atoms with Crippen molar-refractivity contribution in [2.75, 3.05) is 0 Å². The van der Waals surface area contributed by atoms with Crippen molar-refractivity contribution in [1.29, 1.82) is 0 Å². The van der Waals surface area contributed by atoms with Crippen molar-refractivity contribution in [3.05, 3.63) is 36.5 Å². The van der Waals surface area contributed by atoms with Crippen LogP contribution in [0.15, 0.2) is 30.9 Å². The Hall–Kier alpha value is -2.54. The van der Waals surface area contributed by atoms with Gasteiger partial charge in [0.05, 0.1) is 11.2 Å².